The summed E-state index contributed by atoms with van der Waals surface area (Å²) in [6.07, 6.45) is 1.58. The van der Waals surface area contributed by atoms with E-state index in [0.717, 1.165) is 18.4 Å². The van der Waals surface area contributed by atoms with Crippen LogP contribution in [0.3, 0.4) is 0 Å². The molecule has 1 aromatic rings. The second-order valence-electron chi connectivity index (χ2n) is 5.35. The highest BCUT2D eigenvalue weighted by Gasteiger charge is 2.31. The number of amides is 1. The van der Waals surface area contributed by atoms with E-state index < -0.39 is 5.60 Å². The molecule has 1 unspecified atom stereocenters. The van der Waals surface area contributed by atoms with E-state index in [2.05, 4.69) is 0 Å². The number of nitrogens with zero attached hydrogens (tertiary/aromatic N) is 1. The molecule has 0 radical (unpaired) electrons. The molecule has 0 aliphatic carbocycles. The number of carbonyl (C=O) groups excluding carboxylic acids is 1. The highest BCUT2D eigenvalue weighted by atomic mass is 16.3. The summed E-state index contributed by atoms with van der Waals surface area (Å²) in [5, 5.41) is 10.0. The molecule has 0 spiro atoms. The van der Waals surface area contributed by atoms with Crippen LogP contribution >= 0.6 is 0 Å². The van der Waals surface area contributed by atoms with Crippen LogP contribution in [0.1, 0.15) is 35.7 Å². The Kier molecular flexibility index (Phi) is 3.30. The molecule has 4 nitrogen and oxygen atoms in total. The van der Waals surface area contributed by atoms with Crippen molar-refractivity contribution in [2.24, 2.45) is 0 Å². The number of carbonyl (C=O) groups is 1. The van der Waals surface area contributed by atoms with E-state index in [1.165, 1.54) is 0 Å². The van der Waals surface area contributed by atoms with E-state index in [0.29, 0.717) is 24.3 Å². The minimum Gasteiger partial charge on any atom is -0.398 e. The van der Waals surface area contributed by atoms with Gasteiger partial charge in [0, 0.05) is 24.3 Å². The van der Waals surface area contributed by atoms with Crippen LogP contribution in [0.15, 0.2) is 18.2 Å². The first-order chi connectivity index (χ1) is 8.41. The summed E-state index contributed by atoms with van der Waals surface area (Å²) in [6.45, 7) is 4.71. The third-order valence-corrected chi connectivity index (χ3v) is 3.57. The maximum atomic E-state index is 12.4. The monoisotopic (exact) mass is 248 g/mol. The van der Waals surface area contributed by atoms with Crippen molar-refractivity contribution >= 4 is 11.6 Å². The molecule has 1 aromatic carbocycles. The lowest BCUT2D eigenvalue weighted by Crippen LogP contribution is -2.48. The number of benzene rings is 1. The number of hydrogen-bond donors (Lipinski definition) is 2. The van der Waals surface area contributed by atoms with E-state index >= 15 is 0 Å². The number of nitrogen functional groups attached to an aromatic ring is 1. The number of β-amino-alcohol motifs (C(OH)–C–C–N with tert-alkyl or cyclic N) is 1. The Balaban J connectivity index is 2.23. The van der Waals surface area contributed by atoms with Gasteiger partial charge in [-0.15, -0.1) is 0 Å². The van der Waals surface area contributed by atoms with Gasteiger partial charge in [-0.3, -0.25) is 4.79 Å². The van der Waals surface area contributed by atoms with Gasteiger partial charge in [-0.1, -0.05) is 6.07 Å². The van der Waals surface area contributed by atoms with Crippen molar-refractivity contribution < 1.29 is 9.90 Å². The molecule has 4 heteroatoms. The largest absolute Gasteiger partial charge is 0.398 e. The van der Waals surface area contributed by atoms with Crippen molar-refractivity contribution in [1.82, 2.24) is 4.90 Å². The average Bonchev–Trinajstić information content (AvgIpc) is 2.30. The molecule has 1 heterocycles. The standard InChI is InChI=1S/C14H20N2O2/c1-10-11(5-3-6-12(10)15)13(17)16-8-4-7-14(2,18)9-16/h3,5-6,18H,4,7-9,15H2,1-2H3. The summed E-state index contributed by atoms with van der Waals surface area (Å²) in [6, 6.07) is 5.37. The van der Waals surface area contributed by atoms with Crippen LogP contribution in [0.5, 0.6) is 0 Å². The molecule has 18 heavy (non-hydrogen) atoms. The molecule has 98 valence electrons. The fraction of sp³-hybridized carbons (Fsp3) is 0.500. The van der Waals surface area contributed by atoms with Gasteiger partial charge in [0.2, 0.25) is 0 Å². The molecular weight excluding hydrogens is 228 g/mol. The van der Waals surface area contributed by atoms with Crippen LogP contribution in [-0.4, -0.2) is 34.6 Å². The minimum absolute atomic E-state index is 0.0419. The predicted molar refractivity (Wildman–Crippen MR) is 71.4 cm³/mol. The quantitative estimate of drug-likeness (QED) is 0.741. The zero-order valence-corrected chi connectivity index (χ0v) is 10.9. The second kappa shape index (κ2) is 4.61. The van der Waals surface area contributed by atoms with E-state index in [1.807, 2.05) is 6.92 Å². The lowest BCUT2D eigenvalue weighted by Gasteiger charge is -2.37. The second-order valence-corrected chi connectivity index (χ2v) is 5.35. The van der Waals surface area contributed by atoms with Crippen molar-refractivity contribution in [1.29, 1.82) is 0 Å². The lowest BCUT2D eigenvalue weighted by molar-refractivity contribution is -0.0107. The summed E-state index contributed by atoms with van der Waals surface area (Å²) in [4.78, 5) is 14.1. The SMILES string of the molecule is Cc1c(N)cccc1C(=O)N1CCCC(C)(O)C1. The van der Waals surface area contributed by atoms with Gasteiger partial charge in [0.1, 0.15) is 0 Å². The van der Waals surface area contributed by atoms with Crippen molar-refractivity contribution in [2.75, 3.05) is 18.8 Å². The topological polar surface area (TPSA) is 66.6 Å². The number of likely N-dealkylation sites (tertiary alicyclic amines) is 1. The Morgan fingerprint density at radius 1 is 1.50 bits per heavy atom. The van der Waals surface area contributed by atoms with Crippen LogP contribution in [0.4, 0.5) is 5.69 Å². The molecule has 1 atom stereocenters. The van der Waals surface area contributed by atoms with Crippen LogP contribution in [-0.2, 0) is 0 Å². The van der Waals surface area contributed by atoms with Gasteiger partial charge in [-0.25, -0.2) is 0 Å². The van der Waals surface area contributed by atoms with Crippen molar-refractivity contribution in [3.63, 3.8) is 0 Å². The first-order valence-corrected chi connectivity index (χ1v) is 6.27. The summed E-state index contributed by atoms with van der Waals surface area (Å²) < 4.78 is 0. The molecule has 3 N–H and O–H groups in total. The molecule has 0 aromatic heterocycles. The Morgan fingerprint density at radius 3 is 2.89 bits per heavy atom. The van der Waals surface area contributed by atoms with Gasteiger partial charge in [0.05, 0.1) is 5.60 Å². The number of anilines is 1. The van der Waals surface area contributed by atoms with Gasteiger partial charge < -0.3 is 15.7 Å². The van der Waals surface area contributed by atoms with Crippen molar-refractivity contribution in [2.45, 2.75) is 32.3 Å². The van der Waals surface area contributed by atoms with Crippen molar-refractivity contribution in [3.8, 4) is 0 Å². The molecule has 1 aliphatic rings. The maximum Gasteiger partial charge on any atom is 0.254 e. The van der Waals surface area contributed by atoms with E-state index in [4.69, 9.17) is 5.73 Å². The molecule has 0 saturated carbocycles. The number of piperidine rings is 1. The molecule has 2 rings (SSSR count). The fourth-order valence-electron chi connectivity index (χ4n) is 2.45. The third-order valence-electron chi connectivity index (χ3n) is 3.57. The molecule has 0 bridgehead atoms. The Labute approximate surface area is 107 Å². The fourth-order valence-corrected chi connectivity index (χ4v) is 2.45. The summed E-state index contributed by atoms with van der Waals surface area (Å²) in [7, 11) is 0. The first-order valence-electron chi connectivity index (χ1n) is 6.27. The first kappa shape index (κ1) is 12.9. The zero-order chi connectivity index (χ0) is 13.3. The molecule has 1 aliphatic heterocycles. The number of rotatable bonds is 1. The maximum absolute atomic E-state index is 12.4. The number of hydrogen-bond acceptors (Lipinski definition) is 3. The Hall–Kier alpha value is -1.55. The molecule has 1 fully saturated rings. The highest BCUT2D eigenvalue weighted by molar-refractivity contribution is 5.97. The third kappa shape index (κ3) is 2.48. The van der Waals surface area contributed by atoms with Gasteiger partial charge in [-0.05, 0) is 44.4 Å². The number of nitrogens with two attached hydrogens (primary N) is 1. The van der Waals surface area contributed by atoms with Gasteiger partial charge >= 0.3 is 0 Å². The lowest BCUT2D eigenvalue weighted by atomic mass is 9.94. The molecular formula is C14H20N2O2. The minimum atomic E-state index is -0.776. The average molecular weight is 248 g/mol. The van der Waals surface area contributed by atoms with Crippen molar-refractivity contribution in [3.05, 3.63) is 29.3 Å². The van der Waals surface area contributed by atoms with Crippen LogP contribution < -0.4 is 5.73 Å². The molecule has 1 amide bonds. The normalized spacial score (nSPS) is 24.1. The van der Waals surface area contributed by atoms with Crippen LogP contribution in [0, 0.1) is 6.92 Å². The van der Waals surface area contributed by atoms with Gasteiger partial charge in [0.15, 0.2) is 0 Å². The zero-order valence-electron chi connectivity index (χ0n) is 10.9. The van der Waals surface area contributed by atoms with E-state index in [9.17, 15) is 9.90 Å². The summed E-state index contributed by atoms with van der Waals surface area (Å²) in [5.74, 6) is -0.0419. The highest BCUT2D eigenvalue weighted by Crippen LogP contribution is 2.24. The van der Waals surface area contributed by atoms with E-state index in [1.54, 1.807) is 30.0 Å². The Bertz CT molecular complexity index is 469. The van der Waals surface area contributed by atoms with E-state index in [-0.39, 0.29) is 5.91 Å². The van der Waals surface area contributed by atoms with Crippen LogP contribution in [0.2, 0.25) is 0 Å². The molecule has 1 saturated heterocycles. The Morgan fingerprint density at radius 2 is 2.22 bits per heavy atom. The predicted octanol–water partition coefficient (Wildman–Crippen LogP) is 1.56. The van der Waals surface area contributed by atoms with Crippen LogP contribution in [0.25, 0.3) is 0 Å². The van der Waals surface area contributed by atoms with Gasteiger partial charge in [-0.2, -0.15) is 0 Å². The summed E-state index contributed by atoms with van der Waals surface area (Å²) >= 11 is 0. The smallest absolute Gasteiger partial charge is 0.254 e. The summed E-state index contributed by atoms with van der Waals surface area (Å²) in [5.41, 5.74) is 7.12. The van der Waals surface area contributed by atoms with Gasteiger partial charge in [0.25, 0.3) is 5.91 Å². The number of aliphatic hydroxyl groups is 1.